The zero-order valence-corrected chi connectivity index (χ0v) is 11.4. The fourth-order valence-corrected chi connectivity index (χ4v) is 2.15. The molecule has 2 aromatic carbocycles. The first-order chi connectivity index (χ1) is 10.7. The minimum absolute atomic E-state index is 0.0870. The predicted octanol–water partition coefficient (Wildman–Crippen LogP) is 2.85. The summed E-state index contributed by atoms with van der Waals surface area (Å²) in [4.78, 5) is 19.0. The van der Waals surface area contributed by atoms with Crippen molar-refractivity contribution in [2.75, 3.05) is 0 Å². The summed E-state index contributed by atoms with van der Waals surface area (Å²) in [5.74, 6) is -0.176. The van der Waals surface area contributed by atoms with Gasteiger partial charge in [0.1, 0.15) is 11.5 Å². The van der Waals surface area contributed by atoms with Crippen molar-refractivity contribution in [2.24, 2.45) is 0 Å². The van der Waals surface area contributed by atoms with Crippen LogP contribution >= 0.6 is 0 Å². The van der Waals surface area contributed by atoms with E-state index in [0.29, 0.717) is 22.2 Å². The molecule has 0 aliphatic rings. The van der Waals surface area contributed by atoms with Crippen molar-refractivity contribution in [1.29, 1.82) is 5.26 Å². The van der Waals surface area contributed by atoms with E-state index in [9.17, 15) is 9.90 Å². The van der Waals surface area contributed by atoms with Crippen LogP contribution < -0.4 is 5.56 Å². The first-order valence-electron chi connectivity index (χ1n) is 6.58. The highest BCUT2D eigenvalue weighted by Crippen LogP contribution is 2.18. The molecular formula is C17H11N3O2. The van der Waals surface area contributed by atoms with Gasteiger partial charge in [-0.15, -0.1) is 0 Å². The second kappa shape index (κ2) is 5.54. The average molecular weight is 289 g/mol. The van der Waals surface area contributed by atoms with Gasteiger partial charge in [-0.2, -0.15) is 5.26 Å². The Labute approximate surface area is 125 Å². The van der Waals surface area contributed by atoms with Crippen molar-refractivity contribution < 1.29 is 5.11 Å². The normalized spacial score (nSPS) is 11.3. The number of nitrogens with zero attached hydrogens (tertiary/aromatic N) is 2. The average Bonchev–Trinajstić information content (AvgIpc) is 2.55. The van der Waals surface area contributed by atoms with Crippen LogP contribution in [-0.4, -0.2) is 15.1 Å². The Morgan fingerprint density at radius 3 is 2.73 bits per heavy atom. The van der Waals surface area contributed by atoms with Gasteiger partial charge in [-0.05, 0) is 24.3 Å². The van der Waals surface area contributed by atoms with Crippen molar-refractivity contribution in [3.05, 3.63) is 75.7 Å². The second-order valence-corrected chi connectivity index (χ2v) is 4.66. The van der Waals surface area contributed by atoms with Crippen LogP contribution in [0.1, 0.15) is 16.8 Å². The fraction of sp³-hybridized carbons (Fsp3) is 0. The standard InChI is InChI=1S/C17H11N3O2/c18-10-11-5-1-2-6-12(11)16(21)9-15-17(22)20-14-8-4-3-7-13(14)19-15/h1-9,21H,(H,20,22). The number of benzene rings is 2. The molecule has 0 saturated heterocycles. The van der Waals surface area contributed by atoms with Gasteiger partial charge in [0, 0.05) is 11.6 Å². The lowest BCUT2D eigenvalue weighted by Gasteiger charge is -2.03. The monoisotopic (exact) mass is 289 g/mol. The van der Waals surface area contributed by atoms with Gasteiger partial charge in [-0.1, -0.05) is 24.3 Å². The van der Waals surface area contributed by atoms with Crippen molar-refractivity contribution in [3.63, 3.8) is 0 Å². The van der Waals surface area contributed by atoms with Crippen molar-refractivity contribution in [2.45, 2.75) is 0 Å². The zero-order valence-electron chi connectivity index (χ0n) is 11.4. The maximum absolute atomic E-state index is 12.0. The van der Waals surface area contributed by atoms with Crippen molar-refractivity contribution in [1.82, 2.24) is 9.97 Å². The van der Waals surface area contributed by atoms with Crippen LogP contribution in [0, 0.1) is 11.3 Å². The molecule has 0 aliphatic heterocycles. The highest BCUT2D eigenvalue weighted by atomic mass is 16.3. The first-order valence-corrected chi connectivity index (χ1v) is 6.58. The van der Waals surface area contributed by atoms with Gasteiger partial charge in [-0.25, -0.2) is 4.98 Å². The summed E-state index contributed by atoms with van der Waals surface area (Å²) in [6, 6.07) is 15.7. The van der Waals surface area contributed by atoms with Gasteiger partial charge in [0.2, 0.25) is 0 Å². The molecule has 2 N–H and O–H groups in total. The Bertz CT molecular complexity index is 981. The smallest absolute Gasteiger partial charge is 0.274 e. The molecule has 0 radical (unpaired) electrons. The molecule has 0 aliphatic carbocycles. The minimum Gasteiger partial charge on any atom is -0.507 e. The molecule has 0 unspecified atom stereocenters. The predicted molar refractivity (Wildman–Crippen MR) is 84.0 cm³/mol. The zero-order chi connectivity index (χ0) is 15.5. The molecule has 0 amide bonds. The molecule has 3 rings (SSSR count). The minimum atomic E-state index is -0.403. The van der Waals surface area contributed by atoms with E-state index in [0.717, 1.165) is 0 Å². The third-order valence-corrected chi connectivity index (χ3v) is 3.22. The van der Waals surface area contributed by atoms with E-state index in [4.69, 9.17) is 5.26 Å². The number of aromatic amines is 1. The number of fused-ring (bicyclic) bond motifs is 1. The fourth-order valence-electron chi connectivity index (χ4n) is 2.15. The summed E-state index contributed by atoms with van der Waals surface area (Å²) in [5, 5.41) is 19.3. The number of nitriles is 1. The Balaban J connectivity index is 2.14. The van der Waals surface area contributed by atoms with Crippen LogP contribution in [0.25, 0.3) is 22.9 Å². The molecule has 0 bridgehead atoms. The summed E-state index contributed by atoms with van der Waals surface area (Å²) < 4.78 is 0. The van der Waals surface area contributed by atoms with E-state index in [1.807, 2.05) is 12.1 Å². The number of hydrogen-bond donors (Lipinski definition) is 2. The van der Waals surface area contributed by atoms with Gasteiger partial charge in [0.15, 0.2) is 0 Å². The summed E-state index contributed by atoms with van der Waals surface area (Å²) >= 11 is 0. The third kappa shape index (κ3) is 2.45. The van der Waals surface area contributed by atoms with Gasteiger partial charge < -0.3 is 10.1 Å². The second-order valence-electron chi connectivity index (χ2n) is 4.66. The highest BCUT2D eigenvalue weighted by molar-refractivity contribution is 5.80. The van der Waals surface area contributed by atoms with Gasteiger partial charge in [0.25, 0.3) is 5.56 Å². The van der Waals surface area contributed by atoms with Crippen LogP contribution in [-0.2, 0) is 0 Å². The molecule has 0 saturated carbocycles. The molecule has 5 nitrogen and oxygen atoms in total. The number of para-hydroxylation sites is 2. The number of aliphatic hydroxyl groups excluding tert-OH is 1. The van der Waals surface area contributed by atoms with Crippen LogP contribution in [0.2, 0.25) is 0 Å². The van der Waals surface area contributed by atoms with Crippen LogP contribution in [0.3, 0.4) is 0 Å². The lowest BCUT2D eigenvalue weighted by molar-refractivity contribution is 0.515. The number of nitrogens with one attached hydrogen (secondary N) is 1. The van der Waals surface area contributed by atoms with Crippen LogP contribution in [0.4, 0.5) is 0 Å². The topological polar surface area (TPSA) is 89.8 Å². The molecule has 22 heavy (non-hydrogen) atoms. The Morgan fingerprint density at radius 2 is 1.91 bits per heavy atom. The number of H-pyrrole nitrogens is 1. The largest absolute Gasteiger partial charge is 0.507 e. The number of aromatic nitrogens is 2. The molecule has 1 heterocycles. The summed E-state index contributed by atoms with van der Waals surface area (Å²) in [6.45, 7) is 0. The third-order valence-electron chi connectivity index (χ3n) is 3.22. The molecule has 5 heteroatoms. The number of aliphatic hydroxyl groups is 1. The summed E-state index contributed by atoms with van der Waals surface area (Å²) in [5.41, 5.74) is 1.62. The SMILES string of the molecule is N#Cc1ccccc1C(O)=Cc1nc2ccccc2[nH]c1=O. The van der Waals surface area contributed by atoms with E-state index >= 15 is 0 Å². The van der Waals surface area contributed by atoms with Crippen molar-refractivity contribution in [3.8, 4) is 6.07 Å². The molecule has 106 valence electrons. The molecule has 0 spiro atoms. The maximum Gasteiger partial charge on any atom is 0.274 e. The molecule has 0 fully saturated rings. The van der Waals surface area contributed by atoms with Gasteiger partial charge >= 0.3 is 0 Å². The summed E-state index contributed by atoms with van der Waals surface area (Å²) in [6.07, 6.45) is 1.27. The lowest BCUT2D eigenvalue weighted by atomic mass is 10.1. The first kappa shape index (κ1) is 13.6. The van der Waals surface area contributed by atoms with E-state index in [1.165, 1.54) is 6.08 Å². The van der Waals surface area contributed by atoms with Crippen LogP contribution in [0.5, 0.6) is 0 Å². The Kier molecular flexibility index (Phi) is 3.42. The van der Waals surface area contributed by atoms with E-state index in [1.54, 1.807) is 42.5 Å². The lowest BCUT2D eigenvalue weighted by Crippen LogP contribution is -2.12. The van der Waals surface area contributed by atoms with Crippen LogP contribution in [0.15, 0.2) is 53.3 Å². The van der Waals surface area contributed by atoms with E-state index in [-0.39, 0.29) is 11.5 Å². The summed E-state index contributed by atoms with van der Waals surface area (Å²) in [7, 11) is 0. The highest BCUT2D eigenvalue weighted by Gasteiger charge is 2.08. The van der Waals surface area contributed by atoms with Gasteiger partial charge in [-0.3, -0.25) is 4.79 Å². The van der Waals surface area contributed by atoms with Gasteiger partial charge in [0.05, 0.1) is 22.7 Å². The Morgan fingerprint density at radius 1 is 1.18 bits per heavy atom. The quantitative estimate of drug-likeness (QED) is 0.710. The Hall–Kier alpha value is -3.39. The van der Waals surface area contributed by atoms with E-state index in [2.05, 4.69) is 9.97 Å². The molecule has 3 aromatic rings. The number of rotatable bonds is 2. The number of hydrogen-bond acceptors (Lipinski definition) is 4. The maximum atomic E-state index is 12.0. The van der Waals surface area contributed by atoms with Crippen molar-refractivity contribution >= 4 is 22.9 Å². The molecule has 1 aromatic heterocycles. The molecular weight excluding hydrogens is 278 g/mol. The molecule has 0 atom stereocenters. The van der Waals surface area contributed by atoms with E-state index < -0.39 is 5.56 Å².